The van der Waals surface area contributed by atoms with Crippen LogP contribution < -0.4 is 5.32 Å². The Kier molecular flexibility index (Phi) is 3.24. The van der Waals surface area contributed by atoms with Crippen LogP contribution in [0.25, 0.3) is 0 Å². The second-order valence-electron chi connectivity index (χ2n) is 5.33. The second kappa shape index (κ2) is 4.71. The normalized spacial score (nSPS) is 27.7. The summed E-state index contributed by atoms with van der Waals surface area (Å²) in [5, 5.41) is 3.75. The lowest BCUT2D eigenvalue weighted by Gasteiger charge is -2.38. The van der Waals surface area contributed by atoms with Gasteiger partial charge in [-0.05, 0) is 31.4 Å². The fourth-order valence-corrected chi connectivity index (χ4v) is 3.99. The molecule has 17 heavy (non-hydrogen) atoms. The molecule has 1 unspecified atom stereocenters. The monoisotopic (exact) mass is 251 g/mol. The zero-order valence-electron chi connectivity index (χ0n) is 10.5. The molecular formula is C14H21NOS. The van der Waals surface area contributed by atoms with E-state index in [9.17, 15) is 0 Å². The minimum Gasteiger partial charge on any atom is -0.369 e. The molecule has 2 aliphatic rings. The van der Waals surface area contributed by atoms with E-state index in [4.69, 9.17) is 4.74 Å². The first-order chi connectivity index (χ1) is 8.31. The third-order valence-electron chi connectivity index (χ3n) is 4.13. The highest BCUT2D eigenvalue weighted by Gasteiger charge is 2.38. The van der Waals surface area contributed by atoms with Gasteiger partial charge in [-0.1, -0.05) is 19.8 Å². The lowest BCUT2D eigenvalue weighted by molar-refractivity contribution is -0.0309. The molecule has 1 aromatic rings. The fourth-order valence-electron chi connectivity index (χ4n) is 2.99. The van der Waals surface area contributed by atoms with Crippen molar-refractivity contribution in [2.75, 3.05) is 13.2 Å². The Morgan fingerprint density at radius 3 is 2.82 bits per heavy atom. The van der Waals surface area contributed by atoms with E-state index < -0.39 is 0 Å². The summed E-state index contributed by atoms with van der Waals surface area (Å²) in [7, 11) is 0. The minimum absolute atomic E-state index is 0.284. The van der Waals surface area contributed by atoms with Crippen molar-refractivity contribution in [3.05, 3.63) is 21.9 Å². The van der Waals surface area contributed by atoms with Gasteiger partial charge in [0.05, 0.1) is 6.61 Å². The Morgan fingerprint density at radius 2 is 2.24 bits per heavy atom. The van der Waals surface area contributed by atoms with E-state index in [1.165, 1.54) is 35.4 Å². The van der Waals surface area contributed by atoms with Gasteiger partial charge in [0.2, 0.25) is 0 Å². The molecule has 1 aliphatic carbocycles. The maximum absolute atomic E-state index is 6.11. The molecule has 0 radical (unpaired) electrons. The Labute approximate surface area is 107 Å². The fraction of sp³-hybridized carbons (Fsp3) is 0.714. The molecule has 0 aromatic carbocycles. The molecule has 0 amide bonds. The van der Waals surface area contributed by atoms with Crippen LogP contribution in [0.1, 0.15) is 48.5 Å². The van der Waals surface area contributed by atoms with E-state index in [1.807, 2.05) is 11.3 Å². The molecule has 3 rings (SSSR count). The maximum atomic E-state index is 6.11. The first-order valence-electron chi connectivity index (χ1n) is 6.77. The summed E-state index contributed by atoms with van der Waals surface area (Å²) < 4.78 is 6.11. The first-order valence-corrected chi connectivity index (χ1v) is 7.58. The third kappa shape index (κ3) is 2.28. The van der Waals surface area contributed by atoms with Crippen LogP contribution in [0.3, 0.4) is 0 Å². The molecule has 1 aromatic heterocycles. The molecular weight excluding hydrogens is 230 g/mol. The maximum Gasteiger partial charge on any atom is 0.104 e. The van der Waals surface area contributed by atoms with Gasteiger partial charge in [-0.25, -0.2) is 0 Å². The summed E-state index contributed by atoms with van der Waals surface area (Å²) in [6.45, 7) is 4.10. The highest BCUT2D eigenvalue weighted by Crippen LogP contribution is 2.36. The quantitative estimate of drug-likeness (QED) is 0.871. The van der Waals surface area contributed by atoms with Crippen molar-refractivity contribution in [3.8, 4) is 0 Å². The van der Waals surface area contributed by atoms with Crippen LogP contribution in [0.2, 0.25) is 0 Å². The Balaban J connectivity index is 1.64. The van der Waals surface area contributed by atoms with E-state index in [0.717, 1.165) is 19.6 Å². The van der Waals surface area contributed by atoms with Crippen LogP contribution in [-0.2, 0) is 11.2 Å². The van der Waals surface area contributed by atoms with Gasteiger partial charge in [0.15, 0.2) is 0 Å². The van der Waals surface area contributed by atoms with Crippen molar-refractivity contribution in [2.24, 2.45) is 0 Å². The average molecular weight is 251 g/mol. The lowest BCUT2D eigenvalue weighted by atomic mass is 9.96. The first kappa shape index (κ1) is 11.7. The van der Waals surface area contributed by atoms with Crippen molar-refractivity contribution in [3.63, 3.8) is 0 Å². The number of morpholine rings is 1. The van der Waals surface area contributed by atoms with Crippen LogP contribution in [-0.4, -0.2) is 18.7 Å². The van der Waals surface area contributed by atoms with Gasteiger partial charge < -0.3 is 10.1 Å². The average Bonchev–Trinajstić information content (AvgIpc) is 3.00. The summed E-state index contributed by atoms with van der Waals surface area (Å²) in [6, 6.07) is 4.48. The summed E-state index contributed by atoms with van der Waals surface area (Å²) >= 11 is 1.91. The molecule has 1 saturated heterocycles. The van der Waals surface area contributed by atoms with Crippen LogP contribution in [0, 0.1) is 0 Å². The molecule has 2 fully saturated rings. The van der Waals surface area contributed by atoms with E-state index in [-0.39, 0.29) is 6.10 Å². The number of nitrogens with one attached hydrogen (secondary N) is 1. The van der Waals surface area contributed by atoms with Crippen molar-refractivity contribution >= 4 is 11.3 Å². The minimum atomic E-state index is 0.284. The number of rotatable bonds is 2. The standard InChI is InChI=1S/C14H21NOS/c1-2-11-5-6-13(17-11)12-9-15-14(10-16-12)7-3-4-8-14/h5-6,12,15H,2-4,7-10H2,1H3. The molecule has 1 N–H and O–H groups in total. The lowest BCUT2D eigenvalue weighted by Crippen LogP contribution is -2.52. The van der Waals surface area contributed by atoms with E-state index in [0.29, 0.717) is 5.54 Å². The van der Waals surface area contributed by atoms with Crippen molar-refractivity contribution in [2.45, 2.75) is 50.7 Å². The highest BCUT2D eigenvalue weighted by atomic mass is 32.1. The summed E-state index contributed by atoms with van der Waals surface area (Å²) in [4.78, 5) is 2.85. The Hall–Kier alpha value is -0.380. The van der Waals surface area contributed by atoms with Crippen molar-refractivity contribution < 1.29 is 4.74 Å². The number of ether oxygens (including phenoxy) is 1. The third-order valence-corrected chi connectivity index (χ3v) is 5.45. The topological polar surface area (TPSA) is 21.3 Å². The molecule has 1 atom stereocenters. The smallest absolute Gasteiger partial charge is 0.104 e. The number of thiophene rings is 1. The van der Waals surface area contributed by atoms with Crippen LogP contribution in [0.15, 0.2) is 12.1 Å². The highest BCUT2D eigenvalue weighted by molar-refractivity contribution is 7.12. The van der Waals surface area contributed by atoms with Gasteiger partial charge >= 0.3 is 0 Å². The van der Waals surface area contributed by atoms with Gasteiger partial charge in [-0.3, -0.25) is 0 Å². The van der Waals surface area contributed by atoms with Crippen LogP contribution in [0.4, 0.5) is 0 Å². The number of aryl methyl sites for hydroxylation is 1. The molecule has 3 heteroatoms. The molecule has 0 bridgehead atoms. The van der Waals surface area contributed by atoms with E-state index in [1.54, 1.807) is 0 Å². The van der Waals surface area contributed by atoms with E-state index in [2.05, 4.69) is 24.4 Å². The summed E-state index contributed by atoms with van der Waals surface area (Å²) in [6.07, 6.45) is 6.73. The molecule has 1 saturated carbocycles. The van der Waals surface area contributed by atoms with Gasteiger partial charge in [-0.2, -0.15) is 0 Å². The van der Waals surface area contributed by atoms with Gasteiger partial charge in [0.25, 0.3) is 0 Å². The summed E-state index contributed by atoms with van der Waals surface area (Å²) in [5.41, 5.74) is 0.321. The van der Waals surface area contributed by atoms with Crippen molar-refractivity contribution in [1.82, 2.24) is 5.32 Å². The second-order valence-corrected chi connectivity index (χ2v) is 6.53. The SMILES string of the molecule is CCc1ccc(C2CNC3(CCCC3)CO2)s1. The van der Waals surface area contributed by atoms with Gasteiger partial charge in [0, 0.05) is 21.8 Å². The van der Waals surface area contributed by atoms with Crippen LogP contribution >= 0.6 is 11.3 Å². The molecule has 2 nitrogen and oxygen atoms in total. The molecule has 94 valence electrons. The van der Waals surface area contributed by atoms with Gasteiger partial charge in [-0.15, -0.1) is 11.3 Å². The van der Waals surface area contributed by atoms with Crippen molar-refractivity contribution in [1.29, 1.82) is 0 Å². The van der Waals surface area contributed by atoms with E-state index >= 15 is 0 Å². The molecule has 1 spiro atoms. The number of hydrogen-bond acceptors (Lipinski definition) is 3. The predicted octanol–water partition coefficient (Wildman–Crippen LogP) is 3.28. The molecule has 1 aliphatic heterocycles. The zero-order chi connectivity index (χ0) is 11.7. The largest absolute Gasteiger partial charge is 0.369 e. The Morgan fingerprint density at radius 1 is 1.41 bits per heavy atom. The number of hydrogen-bond donors (Lipinski definition) is 1. The van der Waals surface area contributed by atoms with Crippen LogP contribution in [0.5, 0.6) is 0 Å². The molecule has 2 heterocycles. The Bertz CT molecular complexity index is 371. The zero-order valence-corrected chi connectivity index (χ0v) is 11.3. The van der Waals surface area contributed by atoms with Gasteiger partial charge in [0.1, 0.15) is 6.10 Å². The summed E-state index contributed by atoms with van der Waals surface area (Å²) in [5.74, 6) is 0. The predicted molar refractivity (Wildman–Crippen MR) is 71.6 cm³/mol.